The fraction of sp³-hybridized carbons (Fsp3) is 0.333. The molecule has 1 N–H and O–H groups in total. The average molecular weight is 370 g/mol. The van der Waals surface area contributed by atoms with Gasteiger partial charge < -0.3 is 10.1 Å². The van der Waals surface area contributed by atoms with Crippen molar-refractivity contribution in [3.8, 4) is 5.75 Å². The lowest BCUT2D eigenvalue weighted by Crippen LogP contribution is -2.23. The number of hydrogen-bond donors (Lipinski definition) is 1. The summed E-state index contributed by atoms with van der Waals surface area (Å²) in [5.41, 5.74) is 0. The standard InChI is InChI=1S/C15H16ClN3O4S/c16-12-3-1-2-4-13(12)23-9-15(20)18-14-5-7-17-19(14)11-6-8-24(21,22)10-11/h1-5,7,11H,6,8-10H2,(H,18,20). The molecule has 0 bridgehead atoms. The van der Waals surface area contributed by atoms with Crippen molar-refractivity contribution in [2.24, 2.45) is 0 Å². The molecule has 1 amide bonds. The number of anilines is 1. The van der Waals surface area contributed by atoms with E-state index in [-0.39, 0.29) is 30.1 Å². The van der Waals surface area contributed by atoms with Gasteiger partial charge in [-0.15, -0.1) is 0 Å². The first-order valence-corrected chi connectivity index (χ1v) is 9.56. The van der Waals surface area contributed by atoms with Gasteiger partial charge in [0.2, 0.25) is 0 Å². The number of sulfone groups is 1. The summed E-state index contributed by atoms with van der Waals surface area (Å²) in [6.07, 6.45) is 2.01. The van der Waals surface area contributed by atoms with Gasteiger partial charge >= 0.3 is 0 Å². The Labute approximate surface area is 144 Å². The number of carbonyl (C=O) groups excluding carboxylic acids is 1. The Morgan fingerprint density at radius 3 is 2.88 bits per heavy atom. The number of benzene rings is 1. The molecule has 128 valence electrons. The molecule has 1 aromatic heterocycles. The molecule has 2 heterocycles. The van der Waals surface area contributed by atoms with Crippen molar-refractivity contribution in [1.82, 2.24) is 9.78 Å². The molecular formula is C15H16ClN3O4S. The molecule has 9 heteroatoms. The summed E-state index contributed by atoms with van der Waals surface area (Å²) in [5.74, 6) is 0.667. The van der Waals surface area contributed by atoms with Crippen LogP contribution in [0.1, 0.15) is 12.5 Å². The largest absolute Gasteiger partial charge is 0.482 e. The molecule has 1 saturated heterocycles. The maximum Gasteiger partial charge on any atom is 0.263 e. The third kappa shape index (κ3) is 3.88. The fourth-order valence-corrected chi connectivity index (χ4v) is 4.44. The molecular weight excluding hydrogens is 354 g/mol. The molecule has 2 aromatic rings. The highest BCUT2D eigenvalue weighted by Gasteiger charge is 2.31. The van der Waals surface area contributed by atoms with E-state index in [1.165, 1.54) is 10.9 Å². The zero-order valence-corrected chi connectivity index (χ0v) is 14.3. The van der Waals surface area contributed by atoms with E-state index in [1.807, 2.05) is 0 Å². The van der Waals surface area contributed by atoms with Crippen molar-refractivity contribution < 1.29 is 17.9 Å². The molecule has 0 saturated carbocycles. The summed E-state index contributed by atoms with van der Waals surface area (Å²) >= 11 is 5.96. The van der Waals surface area contributed by atoms with Crippen molar-refractivity contribution in [2.75, 3.05) is 23.4 Å². The topological polar surface area (TPSA) is 90.3 Å². The van der Waals surface area contributed by atoms with Crippen LogP contribution in [0.25, 0.3) is 0 Å². The molecule has 24 heavy (non-hydrogen) atoms. The Hall–Kier alpha value is -2.06. The van der Waals surface area contributed by atoms with E-state index in [9.17, 15) is 13.2 Å². The maximum atomic E-state index is 12.1. The first-order valence-electron chi connectivity index (χ1n) is 7.36. The fourth-order valence-electron chi connectivity index (χ4n) is 2.56. The number of rotatable bonds is 5. The number of amides is 1. The van der Waals surface area contributed by atoms with Gasteiger partial charge in [0.25, 0.3) is 5.91 Å². The first-order chi connectivity index (χ1) is 11.4. The first kappa shape index (κ1) is 16.8. The maximum absolute atomic E-state index is 12.1. The third-order valence-electron chi connectivity index (χ3n) is 3.69. The highest BCUT2D eigenvalue weighted by atomic mass is 35.5. The van der Waals surface area contributed by atoms with Gasteiger partial charge in [0, 0.05) is 6.07 Å². The van der Waals surface area contributed by atoms with E-state index in [0.29, 0.717) is 23.0 Å². The van der Waals surface area contributed by atoms with Gasteiger partial charge in [-0.1, -0.05) is 23.7 Å². The molecule has 7 nitrogen and oxygen atoms in total. The molecule has 0 aliphatic carbocycles. The summed E-state index contributed by atoms with van der Waals surface area (Å²) in [6.45, 7) is -0.210. The average Bonchev–Trinajstić information content (AvgIpc) is 3.12. The van der Waals surface area contributed by atoms with Crippen molar-refractivity contribution in [3.05, 3.63) is 41.6 Å². The van der Waals surface area contributed by atoms with E-state index in [4.69, 9.17) is 16.3 Å². The van der Waals surface area contributed by atoms with Crippen LogP contribution in [0.15, 0.2) is 36.5 Å². The van der Waals surface area contributed by atoms with Crippen molar-refractivity contribution >= 4 is 33.2 Å². The Balaban J connectivity index is 1.62. The van der Waals surface area contributed by atoms with Gasteiger partial charge in [-0.3, -0.25) is 4.79 Å². The van der Waals surface area contributed by atoms with E-state index in [1.54, 1.807) is 30.3 Å². The van der Waals surface area contributed by atoms with Gasteiger partial charge in [-0.25, -0.2) is 13.1 Å². The van der Waals surface area contributed by atoms with E-state index < -0.39 is 9.84 Å². The number of nitrogens with one attached hydrogen (secondary N) is 1. The predicted molar refractivity (Wildman–Crippen MR) is 90.1 cm³/mol. The number of nitrogens with zero attached hydrogens (tertiary/aromatic N) is 2. The molecule has 1 aliphatic heterocycles. The van der Waals surface area contributed by atoms with Crippen LogP contribution >= 0.6 is 11.6 Å². The van der Waals surface area contributed by atoms with Crippen LogP contribution in [-0.4, -0.2) is 42.2 Å². The number of halogens is 1. The summed E-state index contributed by atoms with van der Waals surface area (Å²) in [6, 6.07) is 8.23. The summed E-state index contributed by atoms with van der Waals surface area (Å²) in [5, 5.41) is 7.23. The minimum Gasteiger partial charge on any atom is -0.482 e. The Morgan fingerprint density at radius 1 is 1.38 bits per heavy atom. The van der Waals surface area contributed by atoms with E-state index >= 15 is 0 Å². The Kier molecular flexibility index (Phi) is 4.77. The summed E-state index contributed by atoms with van der Waals surface area (Å²) < 4.78 is 30.1. The Bertz CT molecular complexity index is 850. The third-order valence-corrected chi connectivity index (χ3v) is 5.75. The highest BCUT2D eigenvalue weighted by molar-refractivity contribution is 7.91. The van der Waals surface area contributed by atoms with Crippen LogP contribution in [0.2, 0.25) is 5.02 Å². The molecule has 3 rings (SSSR count). The lowest BCUT2D eigenvalue weighted by atomic mass is 10.3. The second kappa shape index (κ2) is 6.82. The summed E-state index contributed by atoms with van der Waals surface area (Å²) in [4.78, 5) is 12.1. The molecule has 1 unspecified atom stereocenters. The minimum absolute atomic E-state index is 0.0354. The number of hydrogen-bond acceptors (Lipinski definition) is 5. The van der Waals surface area contributed by atoms with Crippen LogP contribution < -0.4 is 10.1 Å². The second-order valence-corrected chi connectivity index (χ2v) is 8.12. The second-order valence-electron chi connectivity index (χ2n) is 5.49. The van der Waals surface area contributed by atoms with E-state index in [2.05, 4.69) is 10.4 Å². The normalized spacial score (nSPS) is 19.1. The van der Waals surface area contributed by atoms with Gasteiger partial charge in [0.1, 0.15) is 11.6 Å². The van der Waals surface area contributed by atoms with Gasteiger partial charge in [-0.05, 0) is 18.6 Å². The minimum atomic E-state index is -3.03. The molecule has 1 atom stereocenters. The molecule has 1 aliphatic rings. The molecule has 1 fully saturated rings. The van der Waals surface area contributed by atoms with Crippen LogP contribution in [-0.2, 0) is 14.6 Å². The monoisotopic (exact) mass is 369 g/mol. The number of carbonyl (C=O) groups is 1. The molecule has 1 aromatic carbocycles. The van der Waals surface area contributed by atoms with Gasteiger partial charge in [-0.2, -0.15) is 5.10 Å². The Morgan fingerprint density at radius 2 is 2.17 bits per heavy atom. The molecule has 0 radical (unpaired) electrons. The van der Waals surface area contributed by atoms with Crippen LogP contribution in [0.4, 0.5) is 5.82 Å². The number of para-hydroxylation sites is 1. The van der Waals surface area contributed by atoms with Crippen molar-refractivity contribution in [1.29, 1.82) is 0 Å². The van der Waals surface area contributed by atoms with E-state index in [0.717, 1.165) is 0 Å². The van der Waals surface area contributed by atoms with Gasteiger partial charge in [0.05, 0.1) is 28.8 Å². The predicted octanol–water partition coefficient (Wildman–Crippen LogP) is 1.91. The number of aromatic nitrogens is 2. The van der Waals surface area contributed by atoms with Gasteiger partial charge in [0.15, 0.2) is 16.4 Å². The zero-order chi connectivity index (χ0) is 17.2. The quantitative estimate of drug-likeness (QED) is 0.869. The summed E-state index contributed by atoms with van der Waals surface area (Å²) in [7, 11) is -3.03. The number of ether oxygens (including phenoxy) is 1. The lowest BCUT2D eigenvalue weighted by Gasteiger charge is -2.14. The zero-order valence-electron chi connectivity index (χ0n) is 12.7. The van der Waals surface area contributed by atoms with Crippen LogP contribution in [0.3, 0.4) is 0 Å². The highest BCUT2D eigenvalue weighted by Crippen LogP contribution is 2.26. The van der Waals surface area contributed by atoms with Crippen LogP contribution in [0.5, 0.6) is 5.75 Å². The lowest BCUT2D eigenvalue weighted by molar-refractivity contribution is -0.118. The van der Waals surface area contributed by atoms with Crippen molar-refractivity contribution in [2.45, 2.75) is 12.5 Å². The van der Waals surface area contributed by atoms with Crippen molar-refractivity contribution in [3.63, 3.8) is 0 Å². The van der Waals surface area contributed by atoms with Crippen LogP contribution in [0, 0.1) is 0 Å². The smallest absolute Gasteiger partial charge is 0.263 e. The molecule has 0 spiro atoms. The SMILES string of the molecule is O=C(COc1ccccc1Cl)Nc1ccnn1C1CCS(=O)(=O)C1.